The Balaban J connectivity index is 0.000000168. The molecule has 1 heterocycles. The number of amides is 1. The number of carboxylic acids is 1. The zero-order valence-corrected chi connectivity index (χ0v) is 8.12. The molecule has 0 aromatic carbocycles. The first-order valence-electron chi connectivity index (χ1n) is 4.57. The second-order valence-corrected chi connectivity index (χ2v) is 3.76. The van der Waals surface area contributed by atoms with Crippen LogP contribution in [0.25, 0.3) is 0 Å². The van der Waals surface area contributed by atoms with Crippen LogP contribution in [0.1, 0.15) is 12.8 Å². The van der Waals surface area contributed by atoms with Crippen LogP contribution in [-0.4, -0.2) is 35.2 Å². The third kappa shape index (κ3) is 3.37. The molecule has 2 fully saturated rings. The van der Waals surface area contributed by atoms with Crippen molar-refractivity contribution in [1.29, 1.82) is 0 Å². The van der Waals surface area contributed by atoms with Gasteiger partial charge in [0.05, 0.1) is 6.04 Å². The Bertz CT molecular complexity index is 295. The highest BCUT2D eigenvalue weighted by Crippen LogP contribution is 2.40. The van der Waals surface area contributed by atoms with Crippen LogP contribution in [0, 0.1) is 5.92 Å². The van der Waals surface area contributed by atoms with Crippen LogP contribution < -0.4 is 11.1 Å². The molecule has 0 bridgehead atoms. The highest BCUT2D eigenvalue weighted by atomic mass is 19.4. The largest absolute Gasteiger partial charge is 0.490 e. The van der Waals surface area contributed by atoms with Crippen molar-refractivity contribution in [2.24, 2.45) is 11.7 Å². The van der Waals surface area contributed by atoms with Gasteiger partial charge in [-0.15, -0.1) is 0 Å². The molecule has 92 valence electrons. The lowest BCUT2D eigenvalue weighted by Gasteiger charge is -2.06. The van der Waals surface area contributed by atoms with Crippen LogP contribution in [0.15, 0.2) is 0 Å². The maximum atomic E-state index is 10.6. The number of piperidine rings is 1. The van der Waals surface area contributed by atoms with E-state index in [1.54, 1.807) is 0 Å². The van der Waals surface area contributed by atoms with Crippen LogP contribution in [0.2, 0.25) is 0 Å². The van der Waals surface area contributed by atoms with Crippen molar-refractivity contribution in [2.75, 3.05) is 0 Å². The van der Waals surface area contributed by atoms with Crippen molar-refractivity contribution in [3.63, 3.8) is 0 Å². The van der Waals surface area contributed by atoms with E-state index in [9.17, 15) is 18.0 Å². The number of hydrogen-bond donors (Lipinski definition) is 3. The van der Waals surface area contributed by atoms with Crippen LogP contribution >= 0.6 is 0 Å². The number of rotatable bonds is 1. The molecule has 8 heteroatoms. The Hall–Kier alpha value is -1.31. The predicted octanol–water partition coefficient (Wildman–Crippen LogP) is -0.145. The molecule has 4 N–H and O–H groups in total. The number of alkyl halides is 3. The molecular weight excluding hydrogens is 229 g/mol. The van der Waals surface area contributed by atoms with Crippen molar-refractivity contribution in [3.05, 3.63) is 0 Å². The van der Waals surface area contributed by atoms with Gasteiger partial charge in [-0.25, -0.2) is 4.79 Å². The number of carboxylic acid groups (broad SMARTS) is 1. The molecular formula is C8H11F3N2O3. The second-order valence-electron chi connectivity index (χ2n) is 3.76. The smallest absolute Gasteiger partial charge is 0.475 e. The molecule has 5 nitrogen and oxygen atoms in total. The lowest BCUT2D eigenvalue weighted by Crippen LogP contribution is -2.38. The zero-order chi connectivity index (χ0) is 12.5. The summed E-state index contributed by atoms with van der Waals surface area (Å²) in [6.07, 6.45) is -2.86. The second kappa shape index (κ2) is 4.28. The molecule has 1 aliphatic carbocycles. The van der Waals surface area contributed by atoms with Crippen LogP contribution in [0.4, 0.5) is 13.2 Å². The summed E-state index contributed by atoms with van der Waals surface area (Å²) in [6, 6.07) is 0.608. The van der Waals surface area contributed by atoms with Gasteiger partial charge < -0.3 is 16.2 Å². The number of hydrogen-bond acceptors (Lipinski definition) is 3. The maximum absolute atomic E-state index is 10.6. The molecule has 16 heavy (non-hydrogen) atoms. The van der Waals surface area contributed by atoms with Gasteiger partial charge in [0.15, 0.2) is 0 Å². The molecule has 0 radical (unpaired) electrons. The van der Waals surface area contributed by atoms with Crippen LogP contribution in [0.5, 0.6) is 0 Å². The van der Waals surface area contributed by atoms with Gasteiger partial charge in [-0.3, -0.25) is 4.79 Å². The van der Waals surface area contributed by atoms with Crippen molar-refractivity contribution in [1.82, 2.24) is 5.32 Å². The number of halogens is 3. The molecule has 1 amide bonds. The Morgan fingerprint density at radius 3 is 2.00 bits per heavy atom. The summed E-state index contributed by atoms with van der Waals surface area (Å²) in [7, 11) is 0. The lowest BCUT2D eigenvalue weighted by atomic mass is 10.2. The SMILES string of the molecule is NC(=O)[C@@H]1C[C@@H]2C[C@@H]2N1.O=C(O)C(F)(F)F. The minimum absolute atomic E-state index is 0.0197. The number of carbonyl (C=O) groups excluding carboxylic acids is 1. The van der Waals surface area contributed by atoms with E-state index >= 15 is 0 Å². The average Bonchev–Trinajstić information content (AvgIpc) is 2.72. The molecule has 1 saturated carbocycles. The fourth-order valence-electron chi connectivity index (χ4n) is 1.54. The van der Waals surface area contributed by atoms with Gasteiger partial charge in [-0.1, -0.05) is 0 Å². The van der Waals surface area contributed by atoms with E-state index in [1.165, 1.54) is 6.42 Å². The molecule has 2 rings (SSSR count). The highest BCUT2D eigenvalue weighted by Gasteiger charge is 2.47. The van der Waals surface area contributed by atoms with Gasteiger partial charge in [-0.2, -0.15) is 13.2 Å². The van der Waals surface area contributed by atoms with E-state index < -0.39 is 12.1 Å². The number of nitrogens with two attached hydrogens (primary N) is 1. The fraction of sp³-hybridized carbons (Fsp3) is 0.750. The van der Waals surface area contributed by atoms with E-state index in [1.807, 2.05) is 0 Å². The summed E-state index contributed by atoms with van der Waals surface area (Å²) in [6.45, 7) is 0. The van der Waals surface area contributed by atoms with Gasteiger partial charge in [0.1, 0.15) is 0 Å². The molecule has 0 aromatic rings. The maximum Gasteiger partial charge on any atom is 0.490 e. The summed E-state index contributed by atoms with van der Waals surface area (Å²) in [5, 5.41) is 10.3. The third-order valence-corrected chi connectivity index (χ3v) is 2.46. The minimum atomic E-state index is -5.08. The predicted molar refractivity (Wildman–Crippen MR) is 46.3 cm³/mol. The molecule has 3 atom stereocenters. The molecule has 0 spiro atoms. The topological polar surface area (TPSA) is 92.4 Å². The quantitative estimate of drug-likeness (QED) is 0.594. The fourth-order valence-corrected chi connectivity index (χ4v) is 1.54. The minimum Gasteiger partial charge on any atom is -0.475 e. The molecule has 0 unspecified atom stereocenters. The van der Waals surface area contributed by atoms with Gasteiger partial charge >= 0.3 is 12.1 Å². The number of fused-ring (bicyclic) bond motifs is 1. The van der Waals surface area contributed by atoms with Crippen LogP contribution in [0.3, 0.4) is 0 Å². The van der Waals surface area contributed by atoms with Crippen molar-refractivity contribution in [2.45, 2.75) is 31.1 Å². The Kier molecular flexibility index (Phi) is 3.41. The number of primary amides is 1. The summed E-state index contributed by atoms with van der Waals surface area (Å²) in [5.41, 5.74) is 5.08. The first-order valence-corrected chi connectivity index (χ1v) is 4.57. The summed E-state index contributed by atoms with van der Waals surface area (Å²) in [4.78, 5) is 19.4. The van der Waals surface area contributed by atoms with Crippen molar-refractivity contribution >= 4 is 11.9 Å². The first kappa shape index (κ1) is 12.8. The standard InChI is InChI=1S/C6H10N2O.C2HF3O2/c7-6(9)5-2-3-1-4(3)8-5;3-2(4,5)1(6)7/h3-5,8H,1-2H2,(H2,7,9);(H,6,7)/t3-,4-,5-;/m0./s1. The van der Waals surface area contributed by atoms with Gasteiger partial charge in [0.25, 0.3) is 0 Å². The zero-order valence-electron chi connectivity index (χ0n) is 8.12. The third-order valence-electron chi connectivity index (χ3n) is 2.46. The van der Waals surface area contributed by atoms with Gasteiger partial charge in [0.2, 0.25) is 5.91 Å². The Morgan fingerprint density at radius 1 is 1.31 bits per heavy atom. The normalized spacial score (nSPS) is 31.1. The summed E-state index contributed by atoms with van der Waals surface area (Å²) < 4.78 is 31.7. The van der Waals surface area contributed by atoms with E-state index in [0.717, 1.165) is 12.3 Å². The lowest BCUT2D eigenvalue weighted by molar-refractivity contribution is -0.192. The molecule has 2 aliphatic rings. The monoisotopic (exact) mass is 240 g/mol. The number of aliphatic carboxylic acids is 1. The van der Waals surface area contributed by atoms with E-state index in [4.69, 9.17) is 15.6 Å². The van der Waals surface area contributed by atoms with E-state index in [2.05, 4.69) is 5.32 Å². The summed E-state index contributed by atoms with van der Waals surface area (Å²) in [5.74, 6) is -2.18. The highest BCUT2D eigenvalue weighted by molar-refractivity contribution is 5.80. The molecule has 1 saturated heterocycles. The van der Waals surface area contributed by atoms with Crippen LogP contribution in [-0.2, 0) is 9.59 Å². The summed E-state index contributed by atoms with van der Waals surface area (Å²) >= 11 is 0. The molecule has 1 aliphatic heterocycles. The number of nitrogens with one attached hydrogen (secondary N) is 1. The molecule has 0 aromatic heterocycles. The van der Waals surface area contributed by atoms with Crippen molar-refractivity contribution in [3.8, 4) is 0 Å². The Morgan fingerprint density at radius 2 is 1.81 bits per heavy atom. The Labute approximate surface area is 88.8 Å². The average molecular weight is 240 g/mol. The van der Waals surface area contributed by atoms with Gasteiger partial charge in [-0.05, 0) is 18.8 Å². The van der Waals surface area contributed by atoms with Gasteiger partial charge in [0, 0.05) is 6.04 Å². The van der Waals surface area contributed by atoms with E-state index in [0.29, 0.717) is 6.04 Å². The van der Waals surface area contributed by atoms with E-state index in [-0.39, 0.29) is 11.9 Å². The van der Waals surface area contributed by atoms with Crippen molar-refractivity contribution < 1.29 is 27.9 Å². The number of carbonyl (C=O) groups is 2. The first-order chi connectivity index (χ1) is 7.21.